The number of carboxylic acids is 1. The molecule has 10 heteroatoms. The number of carboxylic acid groups (broad SMARTS) is 1. The minimum atomic E-state index is -4.34. The molecule has 3 N–H and O–H groups in total. The Morgan fingerprint density at radius 1 is 1.43 bits per heavy atom. The number of benzene rings is 1. The Hall–Kier alpha value is -2.04. The molecule has 0 aromatic heterocycles. The minimum absolute atomic E-state index is 0.566. The summed E-state index contributed by atoms with van der Waals surface area (Å²) in [5.74, 6) is -3.77. The number of aromatic carboxylic acids is 1. The van der Waals surface area contributed by atoms with Crippen LogP contribution in [0.4, 0.5) is 4.39 Å². The number of sulfonamides is 1. The van der Waals surface area contributed by atoms with Crippen LogP contribution in [0.3, 0.4) is 0 Å². The molecule has 0 aliphatic heterocycles. The fourth-order valence-electron chi connectivity index (χ4n) is 1.39. The van der Waals surface area contributed by atoms with E-state index in [4.69, 9.17) is 10.2 Å². The second-order valence-corrected chi connectivity index (χ2v) is 5.54. The standard InChI is InChI=1S/C11H12FNO7S/c1-20-11(17)9(5-14)13-21(18,19)6-2-3-8(12)7(4-6)10(15)16/h2-4,9,13-14H,5H2,1H3,(H,15,16). The van der Waals surface area contributed by atoms with Gasteiger partial charge in [-0.15, -0.1) is 0 Å². The maximum atomic E-state index is 13.2. The first-order valence-corrected chi connectivity index (χ1v) is 6.95. The molecule has 0 saturated carbocycles. The number of hydrogen-bond acceptors (Lipinski definition) is 6. The molecule has 0 spiro atoms. The summed E-state index contributed by atoms with van der Waals surface area (Å²) < 4.78 is 43.2. The van der Waals surface area contributed by atoms with Gasteiger partial charge in [0.05, 0.1) is 24.2 Å². The monoisotopic (exact) mass is 321 g/mol. The fourth-order valence-corrected chi connectivity index (χ4v) is 2.59. The van der Waals surface area contributed by atoms with Crippen LogP contribution in [0.15, 0.2) is 23.1 Å². The quantitative estimate of drug-likeness (QED) is 0.593. The van der Waals surface area contributed by atoms with Crippen molar-refractivity contribution < 1.29 is 37.3 Å². The number of methoxy groups -OCH3 is 1. The highest BCUT2D eigenvalue weighted by Gasteiger charge is 2.27. The van der Waals surface area contributed by atoms with E-state index in [1.165, 1.54) is 0 Å². The second kappa shape index (κ2) is 6.61. The van der Waals surface area contributed by atoms with E-state index in [1.54, 1.807) is 0 Å². The molecule has 21 heavy (non-hydrogen) atoms. The van der Waals surface area contributed by atoms with Crippen LogP contribution < -0.4 is 4.72 Å². The third kappa shape index (κ3) is 3.97. The van der Waals surface area contributed by atoms with Crippen molar-refractivity contribution in [2.75, 3.05) is 13.7 Å². The molecule has 1 atom stereocenters. The number of rotatable bonds is 6. The summed E-state index contributed by atoms with van der Waals surface area (Å²) in [6.45, 7) is -0.862. The lowest BCUT2D eigenvalue weighted by atomic mass is 10.2. The Balaban J connectivity index is 3.16. The number of nitrogens with one attached hydrogen (secondary N) is 1. The number of ether oxygens (including phenoxy) is 1. The second-order valence-electron chi connectivity index (χ2n) is 3.83. The third-order valence-electron chi connectivity index (χ3n) is 2.44. The van der Waals surface area contributed by atoms with E-state index in [2.05, 4.69) is 4.74 Å². The molecule has 0 aliphatic rings. The van der Waals surface area contributed by atoms with E-state index >= 15 is 0 Å². The number of halogens is 1. The van der Waals surface area contributed by atoms with Crippen LogP contribution in [0.1, 0.15) is 10.4 Å². The Morgan fingerprint density at radius 2 is 2.05 bits per heavy atom. The van der Waals surface area contributed by atoms with Crippen LogP contribution in [0.5, 0.6) is 0 Å². The van der Waals surface area contributed by atoms with E-state index < -0.39 is 50.9 Å². The SMILES string of the molecule is COC(=O)C(CO)NS(=O)(=O)c1ccc(F)c(C(=O)O)c1. The molecule has 1 rings (SSSR count). The van der Waals surface area contributed by atoms with Crippen molar-refractivity contribution in [3.63, 3.8) is 0 Å². The van der Waals surface area contributed by atoms with E-state index in [0.717, 1.165) is 13.2 Å². The van der Waals surface area contributed by atoms with Crippen LogP contribution in [-0.2, 0) is 19.6 Å². The topological polar surface area (TPSA) is 130 Å². The number of carbonyl (C=O) groups excluding carboxylic acids is 1. The molecule has 1 unspecified atom stereocenters. The van der Waals surface area contributed by atoms with Crippen molar-refractivity contribution in [2.24, 2.45) is 0 Å². The molecule has 1 aromatic carbocycles. The summed E-state index contributed by atoms with van der Waals surface area (Å²) in [5, 5.41) is 17.7. The summed E-state index contributed by atoms with van der Waals surface area (Å²) in [5.41, 5.74) is -0.837. The molecule has 0 saturated heterocycles. The highest BCUT2D eigenvalue weighted by atomic mass is 32.2. The number of carbonyl (C=O) groups is 2. The van der Waals surface area contributed by atoms with Crippen LogP contribution in [0.25, 0.3) is 0 Å². The van der Waals surface area contributed by atoms with E-state index in [-0.39, 0.29) is 0 Å². The average molecular weight is 321 g/mol. The van der Waals surface area contributed by atoms with Gasteiger partial charge in [0.1, 0.15) is 11.9 Å². The predicted octanol–water partition coefficient (Wildman–Crippen LogP) is -0.664. The van der Waals surface area contributed by atoms with Gasteiger partial charge in [0, 0.05) is 0 Å². The van der Waals surface area contributed by atoms with Gasteiger partial charge < -0.3 is 14.9 Å². The lowest BCUT2D eigenvalue weighted by Crippen LogP contribution is -2.43. The number of hydrogen-bond donors (Lipinski definition) is 3. The molecule has 116 valence electrons. The first-order valence-electron chi connectivity index (χ1n) is 5.46. The first kappa shape index (κ1) is 17.0. The summed E-state index contributed by atoms with van der Waals surface area (Å²) >= 11 is 0. The van der Waals surface area contributed by atoms with Crippen LogP contribution in [-0.4, -0.2) is 50.3 Å². The summed E-state index contributed by atoms with van der Waals surface area (Å²) in [6.07, 6.45) is 0. The smallest absolute Gasteiger partial charge is 0.338 e. The van der Waals surface area contributed by atoms with Crippen molar-refractivity contribution in [2.45, 2.75) is 10.9 Å². The Kier molecular flexibility index (Phi) is 5.35. The molecule has 1 aromatic rings. The molecule has 0 fully saturated rings. The highest BCUT2D eigenvalue weighted by molar-refractivity contribution is 7.89. The van der Waals surface area contributed by atoms with Gasteiger partial charge in [-0.05, 0) is 18.2 Å². The Morgan fingerprint density at radius 3 is 2.52 bits per heavy atom. The predicted molar refractivity (Wildman–Crippen MR) is 66.6 cm³/mol. The summed E-state index contributed by atoms with van der Waals surface area (Å²) in [6, 6.07) is 0.546. The van der Waals surface area contributed by atoms with E-state index in [1.807, 2.05) is 4.72 Å². The van der Waals surface area contributed by atoms with Crippen molar-refractivity contribution in [1.82, 2.24) is 4.72 Å². The van der Waals surface area contributed by atoms with Crippen LogP contribution >= 0.6 is 0 Å². The summed E-state index contributed by atoms with van der Waals surface area (Å²) in [7, 11) is -3.34. The van der Waals surface area contributed by atoms with Gasteiger partial charge in [-0.25, -0.2) is 17.6 Å². The number of aliphatic hydroxyl groups is 1. The number of esters is 1. The molecule has 0 aliphatic carbocycles. The largest absolute Gasteiger partial charge is 0.478 e. The Bertz CT molecular complexity index is 659. The average Bonchev–Trinajstić information content (AvgIpc) is 2.43. The van der Waals surface area contributed by atoms with Gasteiger partial charge >= 0.3 is 11.9 Å². The van der Waals surface area contributed by atoms with Gasteiger partial charge in [-0.2, -0.15) is 4.72 Å². The van der Waals surface area contributed by atoms with Gasteiger partial charge in [-0.1, -0.05) is 0 Å². The van der Waals surface area contributed by atoms with Gasteiger partial charge in [0.25, 0.3) is 0 Å². The molecule has 8 nitrogen and oxygen atoms in total. The molecule has 0 radical (unpaired) electrons. The fraction of sp³-hybridized carbons (Fsp3) is 0.273. The molecule has 0 amide bonds. The zero-order chi connectivity index (χ0) is 16.2. The first-order chi connectivity index (χ1) is 9.72. The molecular formula is C11H12FNO7S. The van der Waals surface area contributed by atoms with Crippen LogP contribution in [0.2, 0.25) is 0 Å². The van der Waals surface area contributed by atoms with Crippen LogP contribution in [0, 0.1) is 5.82 Å². The van der Waals surface area contributed by atoms with E-state index in [9.17, 15) is 22.4 Å². The van der Waals surface area contributed by atoms with Crippen molar-refractivity contribution >= 4 is 22.0 Å². The normalized spacial score (nSPS) is 12.7. The van der Waals surface area contributed by atoms with Crippen molar-refractivity contribution in [1.29, 1.82) is 0 Å². The van der Waals surface area contributed by atoms with Crippen molar-refractivity contribution in [3.05, 3.63) is 29.6 Å². The van der Waals surface area contributed by atoms with Gasteiger partial charge in [-0.3, -0.25) is 4.79 Å². The number of aliphatic hydroxyl groups excluding tert-OH is 1. The molecular weight excluding hydrogens is 309 g/mol. The maximum Gasteiger partial charge on any atom is 0.338 e. The molecule has 0 heterocycles. The van der Waals surface area contributed by atoms with Crippen molar-refractivity contribution in [3.8, 4) is 0 Å². The Labute approximate surface area is 119 Å². The van der Waals surface area contributed by atoms with Gasteiger partial charge in [0.2, 0.25) is 10.0 Å². The lowest BCUT2D eigenvalue weighted by Gasteiger charge is -2.14. The highest BCUT2D eigenvalue weighted by Crippen LogP contribution is 2.15. The lowest BCUT2D eigenvalue weighted by molar-refractivity contribution is -0.143. The summed E-state index contributed by atoms with van der Waals surface area (Å²) in [4.78, 5) is 21.4. The zero-order valence-corrected chi connectivity index (χ0v) is 11.6. The minimum Gasteiger partial charge on any atom is -0.478 e. The van der Waals surface area contributed by atoms with Gasteiger partial charge in [0.15, 0.2) is 0 Å². The zero-order valence-electron chi connectivity index (χ0n) is 10.7. The maximum absolute atomic E-state index is 13.2. The van der Waals surface area contributed by atoms with E-state index in [0.29, 0.717) is 12.1 Å². The molecule has 0 bridgehead atoms. The third-order valence-corrected chi connectivity index (χ3v) is 3.91.